The van der Waals surface area contributed by atoms with Crippen molar-refractivity contribution >= 4 is 17.6 Å². The van der Waals surface area contributed by atoms with Gasteiger partial charge in [-0.2, -0.15) is 0 Å². The molecule has 0 saturated carbocycles. The van der Waals surface area contributed by atoms with Gasteiger partial charge in [0, 0.05) is 19.0 Å². The van der Waals surface area contributed by atoms with Crippen LogP contribution in [0, 0.1) is 0 Å². The zero-order chi connectivity index (χ0) is 14.0. The summed E-state index contributed by atoms with van der Waals surface area (Å²) in [7, 11) is 0. The van der Waals surface area contributed by atoms with E-state index in [1.807, 2.05) is 6.92 Å². The predicted molar refractivity (Wildman–Crippen MR) is 69.7 cm³/mol. The van der Waals surface area contributed by atoms with E-state index in [0.717, 1.165) is 12.8 Å². The van der Waals surface area contributed by atoms with Crippen LogP contribution in [0.1, 0.15) is 19.8 Å². The van der Waals surface area contributed by atoms with Gasteiger partial charge in [0.2, 0.25) is 0 Å². The molecular weight excluding hydrogens is 260 g/mol. The first-order valence-electron chi connectivity index (χ1n) is 6.12. The topological polar surface area (TPSA) is 93.0 Å². The van der Waals surface area contributed by atoms with Gasteiger partial charge in [-0.15, -0.1) is 11.6 Å². The van der Waals surface area contributed by atoms with Crippen molar-refractivity contribution in [2.24, 2.45) is 0 Å². The number of urea groups is 1. The lowest BCUT2D eigenvalue weighted by Gasteiger charge is -2.27. The molecule has 0 aliphatic rings. The third-order valence-corrected chi connectivity index (χ3v) is 2.67. The van der Waals surface area contributed by atoms with Crippen LogP contribution in [0.3, 0.4) is 0 Å². The standard InChI is InChI=1S/C11H23ClN2O4/c1-2-3-6-14(11(18)13-5-4-12)7-9(16)10(17)8-15/h9-10,15-17H,2-8H2,1H3,(H,13,18)/t9-,10+/m0/s1. The molecular formula is C11H23ClN2O4. The van der Waals surface area contributed by atoms with Gasteiger partial charge in [-0.05, 0) is 6.42 Å². The van der Waals surface area contributed by atoms with Crippen molar-refractivity contribution in [2.75, 3.05) is 32.1 Å². The summed E-state index contributed by atoms with van der Waals surface area (Å²) in [5, 5.41) is 30.2. The molecule has 0 bridgehead atoms. The van der Waals surface area contributed by atoms with Crippen molar-refractivity contribution in [3.63, 3.8) is 0 Å². The van der Waals surface area contributed by atoms with Crippen molar-refractivity contribution in [1.82, 2.24) is 10.2 Å². The summed E-state index contributed by atoms with van der Waals surface area (Å²) < 4.78 is 0. The Morgan fingerprint density at radius 3 is 2.56 bits per heavy atom. The minimum absolute atomic E-state index is 0.0180. The fourth-order valence-electron chi connectivity index (χ4n) is 1.36. The van der Waals surface area contributed by atoms with Crippen molar-refractivity contribution in [1.29, 1.82) is 0 Å². The van der Waals surface area contributed by atoms with Gasteiger partial charge in [0.1, 0.15) is 6.10 Å². The van der Waals surface area contributed by atoms with E-state index in [0.29, 0.717) is 19.0 Å². The molecule has 2 amide bonds. The number of amides is 2. The lowest BCUT2D eigenvalue weighted by atomic mass is 10.2. The normalized spacial score (nSPS) is 14.1. The Kier molecular flexibility index (Phi) is 10.0. The number of aliphatic hydroxyl groups excluding tert-OH is 3. The highest BCUT2D eigenvalue weighted by Crippen LogP contribution is 2.01. The number of carbonyl (C=O) groups excluding carboxylic acids is 1. The van der Waals surface area contributed by atoms with Crippen LogP contribution in [0.4, 0.5) is 4.79 Å². The minimum Gasteiger partial charge on any atom is -0.394 e. The Labute approximate surface area is 113 Å². The smallest absolute Gasteiger partial charge is 0.317 e. The highest BCUT2D eigenvalue weighted by atomic mass is 35.5. The number of hydrogen-bond donors (Lipinski definition) is 4. The number of aliphatic hydroxyl groups is 3. The molecule has 7 heteroatoms. The molecule has 108 valence electrons. The molecule has 0 radical (unpaired) electrons. The average molecular weight is 283 g/mol. The van der Waals surface area contributed by atoms with E-state index in [2.05, 4.69) is 5.32 Å². The number of nitrogens with zero attached hydrogens (tertiary/aromatic N) is 1. The Morgan fingerprint density at radius 1 is 1.39 bits per heavy atom. The first kappa shape index (κ1) is 17.4. The summed E-state index contributed by atoms with van der Waals surface area (Å²) in [5.74, 6) is 0.315. The maximum atomic E-state index is 11.8. The second-order valence-electron chi connectivity index (χ2n) is 4.04. The van der Waals surface area contributed by atoms with Crippen LogP contribution in [0.5, 0.6) is 0 Å². The van der Waals surface area contributed by atoms with E-state index in [4.69, 9.17) is 16.7 Å². The predicted octanol–water partition coefficient (Wildman–Crippen LogP) is -0.249. The molecule has 0 aromatic carbocycles. The van der Waals surface area contributed by atoms with Crippen LogP contribution in [0.2, 0.25) is 0 Å². The van der Waals surface area contributed by atoms with Gasteiger partial charge in [0.05, 0.1) is 19.3 Å². The molecule has 0 aromatic heterocycles. The average Bonchev–Trinajstić information content (AvgIpc) is 2.39. The molecule has 0 aliphatic carbocycles. The van der Waals surface area contributed by atoms with Gasteiger partial charge < -0.3 is 25.5 Å². The maximum Gasteiger partial charge on any atom is 0.317 e. The van der Waals surface area contributed by atoms with Crippen LogP contribution in [0.25, 0.3) is 0 Å². The number of halogens is 1. The number of nitrogens with one attached hydrogen (secondary N) is 1. The molecule has 0 unspecified atom stereocenters. The number of hydrogen-bond acceptors (Lipinski definition) is 4. The molecule has 0 saturated heterocycles. The molecule has 2 atom stereocenters. The SMILES string of the molecule is CCCCN(C[C@H](O)[C@H](O)CO)C(=O)NCCCl. The number of rotatable bonds is 9. The second kappa shape index (κ2) is 10.4. The molecule has 0 spiro atoms. The van der Waals surface area contributed by atoms with Crippen molar-refractivity contribution < 1.29 is 20.1 Å². The molecule has 0 fully saturated rings. The summed E-state index contributed by atoms with van der Waals surface area (Å²) in [6.45, 7) is 2.28. The number of carbonyl (C=O) groups is 1. The van der Waals surface area contributed by atoms with E-state index in [-0.39, 0.29) is 12.6 Å². The highest BCUT2D eigenvalue weighted by molar-refractivity contribution is 6.18. The van der Waals surface area contributed by atoms with Crippen LogP contribution in [-0.4, -0.2) is 70.6 Å². The Balaban J connectivity index is 4.32. The largest absolute Gasteiger partial charge is 0.394 e. The van der Waals surface area contributed by atoms with E-state index >= 15 is 0 Å². The van der Waals surface area contributed by atoms with Crippen molar-refractivity contribution in [3.05, 3.63) is 0 Å². The lowest BCUT2D eigenvalue weighted by Crippen LogP contribution is -2.48. The molecule has 18 heavy (non-hydrogen) atoms. The summed E-state index contributed by atoms with van der Waals surface area (Å²) in [6.07, 6.45) is -0.683. The van der Waals surface area contributed by atoms with Gasteiger partial charge in [0.25, 0.3) is 0 Å². The van der Waals surface area contributed by atoms with Crippen molar-refractivity contribution in [3.8, 4) is 0 Å². The van der Waals surface area contributed by atoms with E-state index in [9.17, 15) is 15.0 Å². The van der Waals surface area contributed by atoms with Gasteiger partial charge in [-0.1, -0.05) is 13.3 Å². The summed E-state index contributed by atoms with van der Waals surface area (Å²) in [5.41, 5.74) is 0. The summed E-state index contributed by atoms with van der Waals surface area (Å²) in [4.78, 5) is 13.2. The first-order valence-corrected chi connectivity index (χ1v) is 6.66. The van der Waals surface area contributed by atoms with Crippen LogP contribution >= 0.6 is 11.6 Å². The molecule has 6 nitrogen and oxygen atoms in total. The first-order chi connectivity index (χ1) is 8.56. The summed E-state index contributed by atoms with van der Waals surface area (Å²) >= 11 is 5.48. The Morgan fingerprint density at radius 2 is 2.06 bits per heavy atom. The van der Waals surface area contributed by atoms with Crippen LogP contribution < -0.4 is 5.32 Å². The number of alkyl halides is 1. The zero-order valence-corrected chi connectivity index (χ0v) is 11.4. The summed E-state index contributed by atoms with van der Waals surface area (Å²) in [6, 6.07) is -0.326. The number of unbranched alkanes of at least 4 members (excludes halogenated alkanes) is 1. The lowest BCUT2D eigenvalue weighted by molar-refractivity contribution is -0.0246. The molecule has 4 N–H and O–H groups in total. The monoisotopic (exact) mass is 282 g/mol. The molecule has 0 aliphatic heterocycles. The van der Waals surface area contributed by atoms with Gasteiger partial charge in [-0.3, -0.25) is 0 Å². The van der Waals surface area contributed by atoms with Gasteiger partial charge >= 0.3 is 6.03 Å². The zero-order valence-electron chi connectivity index (χ0n) is 10.7. The van der Waals surface area contributed by atoms with Crippen LogP contribution in [0.15, 0.2) is 0 Å². The molecule has 0 rings (SSSR count). The van der Waals surface area contributed by atoms with Gasteiger partial charge in [-0.25, -0.2) is 4.79 Å². The van der Waals surface area contributed by atoms with Crippen molar-refractivity contribution in [2.45, 2.75) is 32.0 Å². The third-order valence-electron chi connectivity index (χ3n) is 2.48. The Hall–Kier alpha value is -0.560. The van der Waals surface area contributed by atoms with E-state index in [1.165, 1.54) is 4.90 Å². The van der Waals surface area contributed by atoms with Crippen LogP contribution in [-0.2, 0) is 0 Å². The fraction of sp³-hybridized carbons (Fsp3) is 0.909. The van der Waals surface area contributed by atoms with E-state index in [1.54, 1.807) is 0 Å². The second-order valence-corrected chi connectivity index (χ2v) is 4.42. The molecule has 0 aromatic rings. The quantitative estimate of drug-likeness (QED) is 0.439. The third kappa shape index (κ3) is 7.00. The fourth-order valence-corrected chi connectivity index (χ4v) is 1.45. The van der Waals surface area contributed by atoms with Gasteiger partial charge in [0.15, 0.2) is 0 Å². The molecule has 0 heterocycles. The van der Waals surface area contributed by atoms with E-state index < -0.39 is 18.8 Å². The Bertz CT molecular complexity index is 231. The highest BCUT2D eigenvalue weighted by Gasteiger charge is 2.21. The minimum atomic E-state index is -1.24. The maximum absolute atomic E-state index is 11.8.